The van der Waals surface area contributed by atoms with Gasteiger partial charge in [0.1, 0.15) is 0 Å². The number of carbonyl (C=O) groups is 1. The van der Waals surface area contributed by atoms with Gasteiger partial charge in [0, 0.05) is 6.10 Å². The predicted molar refractivity (Wildman–Crippen MR) is 69.4 cm³/mol. The number of rotatable bonds is 3. The molecule has 2 saturated carbocycles. The third kappa shape index (κ3) is 2.29. The van der Waals surface area contributed by atoms with E-state index in [1.165, 1.54) is 0 Å². The maximum Gasteiger partial charge on any atom is 0.307 e. The quantitative estimate of drug-likeness (QED) is 0.789. The van der Waals surface area contributed by atoms with Crippen LogP contribution in [-0.2, 0) is 9.22 Å². The summed E-state index contributed by atoms with van der Waals surface area (Å²) in [5, 5.41) is 9.22. The lowest BCUT2D eigenvalue weighted by atomic mass is 10.1. The summed E-state index contributed by atoms with van der Waals surface area (Å²) in [6.07, 6.45) is 2.25. The van der Waals surface area contributed by atoms with Crippen molar-refractivity contribution >= 4 is 14.3 Å². The van der Waals surface area contributed by atoms with Gasteiger partial charge in [0.15, 0.2) is 8.32 Å². The Kier molecular flexibility index (Phi) is 2.94. The van der Waals surface area contributed by atoms with Gasteiger partial charge in [-0.15, -0.1) is 0 Å². The molecule has 17 heavy (non-hydrogen) atoms. The monoisotopic (exact) mass is 256 g/mol. The second-order valence-corrected chi connectivity index (χ2v) is 11.9. The summed E-state index contributed by atoms with van der Waals surface area (Å²) in [5.74, 6) is 0.143. The molecule has 4 atom stereocenters. The standard InChI is InChI=1S/C13H24O3Si/c1-13(2,3)17(4,5)16-8-6-9-10(7-8)11(9)12(14)15/h8-11H,6-7H2,1-5H3,(H,14,15)/t8?,9-,10+,11+. The molecular weight excluding hydrogens is 232 g/mol. The van der Waals surface area contributed by atoms with Crippen molar-refractivity contribution < 1.29 is 14.3 Å². The summed E-state index contributed by atoms with van der Waals surface area (Å²) in [6.45, 7) is 11.3. The van der Waals surface area contributed by atoms with Crippen LogP contribution < -0.4 is 0 Å². The molecule has 98 valence electrons. The average Bonchev–Trinajstić information content (AvgIpc) is 2.62. The maximum absolute atomic E-state index is 10.9. The van der Waals surface area contributed by atoms with Crippen molar-refractivity contribution in [2.45, 2.75) is 57.8 Å². The van der Waals surface area contributed by atoms with Crippen LogP contribution in [0.4, 0.5) is 0 Å². The second-order valence-electron chi connectivity index (χ2n) is 7.16. The molecule has 0 amide bonds. The lowest BCUT2D eigenvalue weighted by Gasteiger charge is -2.38. The first-order valence-electron chi connectivity index (χ1n) is 6.54. The zero-order valence-corrected chi connectivity index (χ0v) is 12.5. The first-order valence-corrected chi connectivity index (χ1v) is 9.45. The van der Waals surface area contributed by atoms with Crippen LogP contribution in [0.3, 0.4) is 0 Å². The van der Waals surface area contributed by atoms with Crippen LogP contribution in [0.2, 0.25) is 18.1 Å². The fourth-order valence-electron chi connectivity index (χ4n) is 2.85. The molecule has 0 spiro atoms. The summed E-state index contributed by atoms with van der Waals surface area (Å²) < 4.78 is 6.34. The molecular formula is C13H24O3Si. The molecule has 0 radical (unpaired) electrons. The summed E-state index contributed by atoms with van der Waals surface area (Å²) in [5.41, 5.74) is 0. The van der Waals surface area contributed by atoms with Crippen LogP contribution in [0.5, 0.6) is 0 Å². The van der Waals surface area contributed by atoms with Gasteiger partial charge in [-0.25, -0.2) is 0 Å². The fourth-order valence-corrected chi connectivity index (χ4v) is 4.23. The molecule has 0 aromatic rings. The lowest BCUT2D eigenvalue weighted by Crippen LogP contribution is -2.43. The Morgan fingerprint density at radius 3 is 2.06 bits per heavy atom. The first kappa shape index (κ1) is 13.1. The van der Waals surface area contributed by atoms with Crippen LogP contribution in [0.25, 0.3) is 0 Å². The topological polar surface area (TPSA) is 46.5 Å². The van der Waals surface area contributed by atoms with E-state index < -0.39 is 14.3 Å². The number of carboxylic acid groups (broad SMARTS) is 1. The van der Waals surface area contributed by atoms with Crippen molar-refractivity contribution in [3.05, 3.63) is 0 Å². The van der Waals surface area contributed by atoms with E-state index in [1.54, 1.807) is 0 Å². The lowest BCUT2D eigenvalue weighted by molar-refractivity contribution is -0.139. The van der Waals surface area contributed by atoms with Gasteiger partial charge in [0.25, 0.3) is 0 Å². The van der Waals surface area contributed by atoms with Crippen molar-refractivity contribution in [2.24, 2.45) is 17.8 Å². The Balaban J connectivity index is 1.88. The highest BCUT2D eigenvalue weighted by molar-refractivity contribution is 6.74. The molecule has 0 aromatic heterocycles. The molecule has 0 bridgehead atoms. The largest absolute Gasteiger partial charge is 0.481 e. The van der Waals surface area contributed by atoms with Gasteiger partial charge in [-0.2, -0.15) is 0 Å². The zero-order valence-electron chi connectivity index (χ0n) is 11.5. The minimum atomic E-state index is -1.68. The van der Waals surface area contributed by atoms with Crippen LogP contribution >= 0.6 is 0 Å². The van der Waals surface area contributed by atoms with Gasteiger partial charge < -0.3 is 9.53 Å². The molecule has 0 aromatic carbocycles. The maximum atomic E-state index is 10.9. The molecule has 0 saturated heterocycles. The smallest absolute Gasteiger partial charge is 0.307 e. The van der Waals surface area contributed by atoms with E-state index >= 15 is 0 Å². The molecule has 3 nitrogen and oxygen atoms in total. The number of hydrogen-bond acceptors (Lipinski definition) is 2. The Bertz CT molecular complexity index is 320. The molecule has 0 heterocycles. The summed E-state index contributed by atoms with van der Waals surface area (Å²) in [4.78, 5) is 10.9. The first-order chi connectivity index (χ1) is 7.63. The Morgan fingerprint density at radius 2 is 1.71 bits per heavy atom. The van der Waals surface area contributed by atoms with Crippen molar-refractivity contribution in [1.82, 2.24) is 0 Å². The van der Waals surface area contributed by atoms with Gasteiger partial charge in [0.05, 0.1) is 5.92 Å². The van der Waals surface area contributed by atoms with E-state index in [0.29, 0.717) is 17.9 Å². The minimum absolute atomic E-state index is 0.0609. The zero-order chi connectivity index (χ0) is 13.0. The highest BCUT2D eigenvalue weighted by atomic mass is 28.4. The SMILES string of the molecule is CC(C)(C)[Si](C)(C)OC1C[C@@H]2[C@H](C1)[C@H]2C(=O)O. The highest BCUT2D eigenvalue weighted by Crippen LogP contribution is 2.59. The minimum Gasteiger partial charge on any atom is -0.481 e. The molecule has 2 rings (SSSR count). The molecule has 1 N–H and O–H groups in total. The van der Waals surface area contributed by atoms with E-state index in [0.717, 1.165) is 12.8 Å². The molecule has 4 heteroatoms. The van der Waals surface area contributed by atoms with E-state index in [2.05, 4.69) is 33.9 Å². The van der Waals surface area contributed by atoms with Gasteiger partial charge in [-0.05, 0) is 42.8 Å². The van der Waals surface area contributed by atoms with Crippen molar-refractivity contribution in [1.29, 1.82) is 0 Å². The molecule has 0 aliphatic heterocycles. The Labute approximate surface area is 105 Å². The van der Waals surface area contributed by atoms with Crippen LogP contribution in [0.1, 0.15) is 33.6 Å². The molecule has 1 unspecified atom stereocenters. The summed E-state index contributed by atoms with van der Waals surface area (Å²) in [6, 6.07) is 0. The van der Waals surface area contributed by atoms with Gasteiger partial charge in [-0.1, -0.05) is 20.8 Å². The fraction of sp³-hybridized carbons (Fsp3) is 0.923. The Hall–Kier alpha value is -0.353. The van der Waals surface area contributed by atoms with Crippen LogP contribution in [0.15, 0.2) is 0 Å². The van der Waals surface area contributed by atoms with Crippen LogP contribution in [-0.4, -0.2) is 25.5 Å². The third-order valence-corrected chi connectivity index (χ3v) is 9.49. The van der Waals surface area contributed by atoms with Gasteiger partial charge in [0.2, 0.25) is 0 Å². The molecule has 2 fully saturated rings. The molecule has 2 aliphatic carbocycles. The number of aliphatic carboxylic acids is 1. The van der Waals surface area contributed by atoms with Gasteiger partial charge in [-0.3, -0.25) is 4.79 Å². The van der Waals surface area contributed by atoms with Crippen molar-refractivity contribution in [3.8, 4) is 0 Å². The second kappa shape index (κ2) is 3.82. The van der Waals surface area contributed by atoms with E-state index in [9.17, 15) is 4.79 Å². The van der Waals surface area contributed by atoms with E-state index in [4.69, 9.17) is 9.53 Å². The normalized spacial score (nSPS) is 36.8. The third-order valence-electron chi connectivity index (χ3n) is 4.95. The van der Waals surface area contributed by atoms with Gasteiger partial charge >= 0.3 is 5.97 Å². The van der Waals surface area contributed by atoms with E-state index in [-0.39, 0.29) is 11.0 Å². The number of hydrogen-bond donors (Lipinski definition) is 1. The highest BCUT2D eigenvalue weighted by Gasteiger charge is 2.60. The van der Waals surface area contributed by atoms with Crippen LogP contribution in [0, 0.1) is 17.8 Å². The van der Waals surface area contributed by atoms with Crippen molar-refractivity contribution in [3.63, 3.8) is 0 Å². The molecule has 2 aliphatic rings. The summed E-state index contributed by atoms with van der Waals surface area (Å²) in [7, 11) is -1.68. The number of fused-ring (bicyclic) bond motifs is 1. The predicted octanol–water partition coefficient (Wildman–Crippen LogP) is 3.12. The number of carboxylic acids is 1. The average molecular weight is 256 g/mol. The summed E-state index contributed by atoms with van der Waals surface area (Å²) >= 11 is 0. The van der Waals surface area contributed by atoms with E-state index in [1.807, 2.05) is 0 Å². The Morgan fingerprint density at radius 1 is 1.24 bits per heavy atom. The van der Waals surface area contributed by atoms with Crippen molar-refractivity contribution in [2.75, 3.05) is 0 Å².